The second-order valence-electron chi connectivity index (χ2n) is 5.36. The Morgan fingerprint density at radius 3 is 2.57 bits per heavy atom. The van der Waals surface area contributed by atoms with E-state index in [4.69, 9.17) is 9.47 Å². The Balaban J connectivity index is 1.64. The molecule has 0 N–H and O–H groups in total. The van der Waals surface area contributed by atoms with Gasteiger partial charge < -0.3 is 19.3 Å². The van der Waals surface area contributed by atoms with E-state index in [-0.39, 0.29) is 5.91 Å². The number of benzene rings is 1. The molecule has 3 rings (SSSR count). The van der Waals surface area contributed by atoms with Gasteiger partial charge in [0.25, 0.3) is 0 Å². The summed E-state index contributed by atoms with van der Waals surface area (Å²) in [7, 11) is 2.08. The van der Waals surface area contributed by atoms with Crippen LogP contribution in [0.15, 0.2) is 24.3 Å². The fourth-order valence-corrected chi connectivity index (χ4v) is 2.46. The molecule has 2 heterocycles. The van der Waals surface area contributed by atoms with Crippen LogP contribution in [0.25, 0.3) is 6.08 Å². The van der Waals surface area contributed by atoms with Gasteiger partial charge in [-0.3, -0.25) is 4.79 Å². The first-order valence-corrected chi connectivity index (χ1v) is 7.27. The summed E-state index contributed by atoms with van der Waals surface area (Å²) in [5.74, 6) is 1.58. The number of carbonyl (C=O) groups is 1. The maximum Gasteiger partial charge on any atom is 0.246 e. The monoisotopic (exact) mass is 288 g/mol. The van der Waals surface area contributed by atoms with Crippen LogP contribution in [0.1, 0.15) is 5.56 Å². The zero-order valence-corrected chi connectivity index (χ0v) is 12.2. The van der Waals surface area contributed by atoms with Gasteiger partial charge in [-0.1, -0.05) is 6.07 Å². The topological polar surface area (TPSA) is 42.0 Å². The van der Waals surface area contributed by atoms with Crippen LogP contribution in [-0.4, -0.2) is 62.1 Å². The molecule has 0 aliphatic carbocycles. The van der Waals surface area contributed by atoms with Crippen LogP contribution < -0.4 is 9.47 Å². The Morgan fingerprint density at radius 1 is 1.10 bits per heavy atom. The van der Waals surface area contributed by atoms with Crippen molar-refractivity contribution in [1.29, 1.82) is 0 Å². The maximum atomic E-state index is 12.1. The lowest BCUT2D eigenvalue weighted by Gasteiger charge is -2.31. The predicted octanol–water partition coefficient (Wildman–Crippen LogP) is 1.25. The summed E-state index contributed by atoms with van der Waals surface area (Å²) >= 11 is 0. The second kappa shape index (κ2) is 6.18. The van der Waals surface area contributed by atoms with Gasteiger partial charge in [-0.2, -0.15) is 0 Å². The van der Waals surface area contributed by atoms with Crippen LogP contribution in [0.3, 0.4) is 0 Å². The van der Waals surface area contributed by atoms with E-state index in [2.05, 4.69) is 11.9 Å². The standard InChI is InChI=1S/C16H20N2O3/c1-17-6-8-18(9-7-17)16(19)5-3-13-2-4-14-15(12-13)21-11-10-20-14/h2-5,12H,6-11H2,1H3. The number of nitrogens with zero attached hydrogens (tertiary/aromatic N) is 2. The van der Waals surface area contributed by atoms with Crippen molar-refractivity contribution in [3.63, 3.8) is 0 Å². The minimum absolute atomic E-state index is 0.0676. The molecule has 21 heavy (non-hydrogen) atoms. The van der Waals surface area contributed by atoms with Crippen LogP contribution in [0.2, 0.25) is 0 Å². The van der Waals surface area contributed by atoms with Gasteiger partial charge in [0.15, 0.2) is 11.5 Å². The number of amides is 1. The van der Waals surface area contributed by atoms with Crippen LogP contribution in [0.4, 0.5) is 0 Å². The zero-order valence-electron chi connectivity index (χ0n) is 12.2. The van der Waals surface area contributed by atoms with Crippen LogP contribution in [-0.2, 0) is 4.79 Å². The molecule has 1 fully saturated rings. The number of hydrogen-bond donors (Lipinski definition) is 0. The van der Waals surface area contributed by atoms with Gasteiger partial charge in [-0.25, -0.2) is 0 Å². The summed E-state index contributed by atoms with van der Waals surface area (Å²) < 4.78 is 11.0. The number of rotatable bonds is 2. The average Bonchev–Trinajstić information content (AvgIpc) is 2.53. The van der Waals surface area contributed by atoms with E-state index in [1.165, 1.54) is 0 Å². The highest BCUT2D eigenvalue weighted by atomic mass is 16.6. The summed E-state index contributed by atoms with van der Waals surface area (Å²) in [5.41, 5.74) is 0.946. The lowest BCUT2D eigenvalue weighted by molar-refractivity contribution is -0.127. The molecule has 0 aromatic heterocycles. The Kier molecular flexibility index (Phi) is 4.10. The Bertz CT molecular complexity index is 548. The molecule has 0 bridgehead atoms. The van der Waals surface area contributed by atoms with E-state index >= 15 is 0 Å². The van der Waals surface area contributed by atoms with Gasteiger partial charge in [-0.05, 0) is 30.8 Å². The molecule has 0 saturated carbocycles. The van der Waals surface area contributed by atoms with Gasteiger partial charge >= 0.3 is 0 Å². The van der Waals surface area contributed by atoms with Crippen molar-refractivity contribution in [2.75, 3.05) is 46.4 Å². The molecule has 112 valence electrons. The van der Waals surface area contributed by atoms with Crippen molar-refractivity contribution < 1.29 is 14.3 Å². The Morgan fingerprint density at radius 2 is 1.81 bits per heavy atom. The highest BCUT2D eigenvalue weighted by molar-refractivity contribution is 5.92. The molecule has 0 atom stereocenters. The molecule has 1 aromatic rings. The van der Waals surface area contributed by atoms with Crippen LogP contribution in [0, 0.1) is 0 Å². The Labute approximate surface area is 124 Å². The minimum atomic E-state index is 0.0676. The number of carbonyl (C=O) groups excluding carboxylic acids is 1. The average molecular weight is 288 g/mol. The first kappa shape index (κ1) is 13.9. The van der Waals surface area contributed by atoms with Crippen molar-refractivity contribution in [3.8, 4) is 11.5 Å². The number of fused-ring (bicyclic) bond motifs is 1. The third-order valence-electron chi connectivity index (χ3n) is 3.80. The number of hydrogen-bond acceptors (Lipinski definition) is 4. The molecular formula is C16H20N2O3. The van der Waals surface area contributed by atoms with Gasteiger partial charge in [0.1, 0.15) is 13.2 Å². The van der Waals surface area contributed by atoms with Crippen molar-refractivity contribution in [2.24, 2.45) is 0 Å². The Hall–Kier alpha value is -2.01. The molecule has 1 saturated heterocycles. The quantitative estimate of drug-likeness (QED) is 0.768. The summed E-state index contributed by atoms with van der Waals surface area (Å²) in [6, 6.07) is 5.72. The third kappa shape index (κ3) is 3.36. The number of piperazine rings is 1. The fourth-order valence-electron chi connectivity index (χ4n) is 2.46. The van der Waals surface area contributed by atoms with Crippen molar-refractivity contribution in [1.82, 2.24) is 9.80 Å². The van der Waals surface area contributed by atoms with Crippen molar-refractivity contribution in [2.45, 2.75) is 0 Å². The third-order valence-corrected chi connectivity index (χ3v) is 3.80. The van der Waals surface area contributed by atoms with Crippen molar-refractivity contribution >= 4 is 12.0 Å². The highest BCUT2D eigenvalue weighted by Gasteiger charge is 2.17. The van der Waals surface area contributed by atoms with Gasteiger partial charge in [-0.15, -0.1) is 0 Å². The SMILES string of the molecule is CN1CCN(C(=O)C=Cc2ccc3c(c2)OCCO3)CC1. The lowest BCUT2D eigenvalue weighted by Crippen LogP contribution is -2.46. The van der Waals surface area contributed by atoms with Gasteiger partial charge in [0, 0.05) is 32.3 Å². The van der Waals surface area contributed by atoms with Crippen LogP contribution in [0.5, 0.6) is 11.5 Å². The van der Waals surface area contributed by atoms with E-state index in [9.17, 15) is 4.79 Å². The van der Waals surface area contributed by atoms with E-state index in [1.807, 2.05) is 29.2 Å². The minimum Gasteiger partial charge on any atom is -0.486 e. The molecule has 5 heteroatoms. The predicted molar refractivity (Wildman–Crippen MR) is 80.5 cm³/mol. The summed E-state index contributed by atoms with van der Waals surface area (Å²) in [5, 5.41) is 0. The number of ether oxygens (including phenoxy) is 2. The molecular weight excluding hydrogens is 268 g/mol. The second-order valence-corrected chi connectivity index (χ2v) is 5.36. The van der Waals surface area contributed by atoms with Gasteiger partial charge in [0.2, 0.25) is 5.91 Å². The smallest absolute Gasteiger partial charge is 0.246 e. The summed E-state index contributed by atoms with van der Waals surface area (Å²) in [6.45, 7) is 4.61. The molecule has 1 aromatic carbocycles. The van der Waals surface area contributed by atoms with E-state index < -0.39 is 0 Å². The highest BCUT2D eigenvalue weighted by Crippen LogP contribution is 2.31. The zero-order chi connectivity index (χ0) is 14.7. The largest absolute Gasteiger partial charge is 0.486 e. The van der Waals surface area contributed by atoms with Crippen molar-refractivity contribution in [3.05, 3.63) is 29.8 Å². The lowest BCUT2D eigenvalue weighted by atomic mass is 10.1. The van der Waals surface area contributed by atoms with Crippen LogP contribution >= 0.6 is 0 Å². The van der Waals surface area contributed by atoms with E-state index in [0.717, 1.165) is 43.2 Å². The summed E-state index contributed by atoms with van der Waals surface area (Å²) in [4.78, 5) is 16.2. The van der Waals surface area contributed by atoms with E-state index in [0.29, 0.717) is 13.2 Å². The molecule has 0 radical (unpaired) electrons. The normalized spacial score (nSPS) is 19.0. The fraction of sp³-hybridized carbons (Fsp3) is 0.438. The molecule has 5 nitrogen and oxygen atoms in total. The number of likely N-dealkylation sites (N-methyl/N-ethyl adjacent to an activating group) is 1. The maximum absolute atomic E-state index is 12.1. The molecule has 0 unspecified atom stereocenters. The molecule has 0 spiro atoms. The molecule has 1 amide bonds. The summed E-state index contributed by atoms with van der Waals surface area (Å²) in [6.07, 6.45) is 3.47. The first-order chi connectivity index (χ1) is 10.2. The molecule has 2 aliphatic heterocycles. The van der Waals surface area contributed by atoms with E-state index in [1.54, 1.807) is 6.08 Å². The van der Waals surface area contributed by atoms with Gasteiger partial charge in [0.05, 0.1) is 0 Å². The first-order valence-electron chi connectivity index (χ1n) is 7.27. The molecule has 2 aliphatic rings.